The molecule has 8 heteroatoms. The van der Waals surface area contributed by atoms with E-state index in [0.29, 0.717) is 16.8 Å². The minimum atomic E-state index is -0.927. The molecule has 3 rings (SSSR count). The number of ether oxygens (including phenoxy) is 1. The standard InChI is InChI=1S/C24H28FN3O4/c1-14(2)22(29)27-19-10-8-17(9-11-19)21-20(23(30)26-15(3)4)28(24(31)32-21)13-16-6-5-7-18(25)12-16/h5-12,14-15,20-21H,13H2,1-4H3,(H,26,30)(H,27,29). The van der Waals surface area contributed by atoms with Crippen molar-refractivity contribution in [3.05, 3.63) is 65.5 Å². The van der Waals surface area contributed by atoms with Crippen LogP contribution in [0.5, 0.6) is 0 Å². The molecule has 0 aromatic heterocycles. The van der Waals surface area contributed by atoms with Crippen molar-refractivity contribution >= 4 is 23.6 Å². The smallest absolute Gasteiger partial charge is 0.411 e. The van der Waals surface area contributed by atoms with Crippen LogP contribution in [0.2, 0.25) is 0 Å². The Morgan fingerprint density at radius 3 is 2.38 bits per heavy atom. The van der Waals surface area contributed by atoms with Crippen LogP contribution < -0.4 is 10.6 Å². The van der Waals surface area contributed by atoms with Crippen molar-refractivity contribution in [2.45, 2.75) is 52.4 Å². The maximum atomic E-state index is 13.6. The van der Waals surface area contributed by atoms with Gasteiger partial charge in [-0.2, -0.15) is 0 Å². The molecule has 2 aromatic rings. The molecular formula is C24H28FN3O4. The topological polar surface area (TPSA) is 87.7 Å². The van der Waals surface area contributed by atoms with Gasteiger partial charge in [-0.3, -0.25) is 14.5 Å². The summed E-state index contributed by atoms with van der Waals surface area (Å²) in [6.07, 6.45) is -1.50. The molecule has 0 bridgehead atoms. The highest BCUT2D eigenvalue weighted by atomic mass is 19.1. The van der Waals surface area contributed by atoms with E-state index in [2.05, 4.69) is 10.6 Å². The van der Waals surface area contributed by atoms with Gasteiger partial charge in [0.1, 0.15) is 5.82 Å². The highest BCUT2D eigenvalue weighted by Gasteiger charge is 2.47. The molecule has 7 nitrogen and oxygen atoms in total. The Balaban J connectivity index is 1.87. The summed E-state index contributed by atoms with van der Waals surface area (Å²) in [7, 11) is 0. The van der Waals surface area contributed by atoms with E-state index in [1.165, 1.54) is 17.0 Å². The molecule has 0 saturated carbocycles. The molecule has 1 fully saturated rings. The highest BCUT2D eigenvalue weighted by molar-refractivity contribution is 5.92. The van der Waals surface area contributed by atoms with Gasteiger partial charge in [0.05, 0.1) is 6.54 Å². The van der Waals surface area contributed by atoms with Crippen molar-refractivity contribution in [3.8, 4) is 0 Å². The molecule has 0 radical (unpaired) electrons. The number of hydrogen-bond acceptors (Lipinski definition) is 4. The number of hydrogen-bond donors (Lipinski definition) is 2. The molecule has 32 heavy (non-hydrogen) atoms. The van der Waals surface area contributed by atoms with E-state index < -0.39 is 24.1 Å². The van der Waals surface area contributed by atoms with Gasteiger partial charge in [-0.05, 0) is 49.2 Å². The summed E-state index contributed by atoms with van der Waals surface area (Å²) in [5.74, 6) is -1.05. The predicted molar refractivity (Wildman–Crippen MR) is 118 cm³/mol. The summed E-state index contributed by atoms with van der Waals surface area (Å²) in [5, 5.41) is 5.64. The average molecular weight is 442 g/mol. The van der Waals surface area contributed by atoms with Crippen LogP contribution in [-0.4, -0.2) is 34.9 Å². The molecule has 0 aliphatic carbocycles. The Morgan fingerprint density at radius 2 is 1.78 bits per heavy atom. The lowest BCUT2D eigenvalue weighted by Gasteiger charge is -2.25. The minimum absolute atomic E-state index is 0.0335. The molecule has 2 atom stereocenters. The van der Waals surface area contributed by atoms with Gasteiger partial charge in [-0.1, -0.05) is 38.1 Å². The SMILES string of the molecule is CC(C)NC(=O)C1C(c2ccc(NC(=O)C(C)C)cc2)OC(=O)N1Cc1cccc(F)c1. The molecule has 1 aliphatic rings. The van der Waals surface area contributed by atoms with E-state index in [1.807, 2.05) is 13.8 Å². The third-order valence-corrected chi connectivity index (χ3v) is 5.06. The lowest BCUT2D eigenvalue weighted by molar-refractivity contribution is -0.126. The van der Waals surface area contributed by atoms with Crippen LogP contribution >= 0.6 is 0 Å². The second-order valence-electron chi connectivity index (χ2n) is 8.44. The summed E-state index contributed by atoms with van der Waals surface area (Å²) in [6.45, 7) is 7.28. The van der Waals surface area contributed by atoms with Gasteiger partial charge in [0, 0.05) is 17.6 Å². The van der Waals surface area contributed by atoms with Crippen molar-refractivity contribution < 1.29 is 23.5 Å². The zero-order valence-corrected chi connectivity index (χ0v) is 18.6. The number of halogens is 1. The van der Waals surface area contributed by atoms with E-state index in [0.717, 1.165) is 0 Å². The van der Waals surface area contributed by atoms with Crippen molar-refractivity contribution in [1.82, 2.24) is 10.2 Å². The number of nitrogens with zero attached hydrogens (tertiary/aromatic N) is 1. The number of carbonyl (C=O) groups excluding carboxylic acids is 3. The molecule has 0 spiro atoms. The summed E-state index contributed by atoms with van der Waals surface area (Å²) >= 11 is 0. The van der Waals surface area contributed by atoms with Crippen molar-refractivity contribution in [3.63, 3.8) is 0 Å². The first kappa shape index (κ1) is 23.2. The number of benzene rings is 2. The van der Waals surface area contributed by atoms with E-state index in [9.17, 15) is 18.8 Å². The molecule has 1 heterocycles. The molecular weight excluding hydrogens is 413 g/mol. The van der Waals surface area contributed by atoms with Crippen molar-refractivity contribution in [1.29, 1.82) is 0 Å². The Labute approximate surface area is 186 Å². The van der Waals surface area contributed by atoms with Crippen LogP contribution in [0.25, 0.3) is 0 Å². The third-order valence-electron chi connectivity index (χ3n) is 5.06. The normalized spacial score (nSPS) is 18.1. The van der Waals surface area contributed by atoms with E-state index in [1.54, 1.807) is 50.2 Å². The van der Waals surface area contributed by atoms with Gasteiger partial charge in [-0.15, -0.1) is 0 Å². The van der Waals surface area contributed by atoms with Gasteiger partial charge in [0.2, 0.25) is 11.8 Å². The number of cyclic esters (lactones) is 1. The van der Waals surface area contributed by atoms with Crippen LogP contribution in [-0.2, 0) is 20.9 Å². The molecule has 1 saturated heterocycles. The number of amides is 3. The zero-order valence-electron chi connectivity index (χ0n) is 18.6. The summed E-state index contributed by atoms with van der Waals surface area (Å²) < 4.78 is 19.2. The Bertz CT molecular complexity index is 991. The molecule has 1 aliphatic heterocycles. The van der Waals surface area contributed by atoms with Crippen LogP contribution in [0.1, 0.15) is 44.9 Å². The average Bonchev–Trinajstić information content (AvgIpc) is 3.04. The summed E-state index contributed by atoms with van der Waals surface area (Å²) in [4.78, 5) is 39.0. The third kappa shape index (κ3) is 5.43. The van der Waals surface area contributed by atoms with E-state index in [4.69, 9.17) is 4.74 Å². The Kier molecular flexibility index (Phi) is 7.12. The fourth-order valence-corrected chi connectivity index (χ4v) is 3.45. The van der Waals surface area contributed by atoms with Crippen LogP contribution in [0, 0.1) is 11.7 Å². The first-order valence-electron chi connectivity index (χ1n) is 10.6. The van der Waals surface area contributed by atoms with Crippen molar-refractivity contribution in [2.75, 3.05) is 5.32 Å². The fourth-order valence-electron chi connectivity index (χ4n) is 3.45. The number of carbonyl (C=O) groups is 3. The fraction of sp³-hybridized carbons (Fsp3) is 0.375. The second kappa shape index (κ2) is 9.80. The van der Waals surface area contributed by atoms with Gasteiger partial charge >= 0.3 is 6.09 Å². The van der Waals surface area contributed by atoms with Gasteiger partial charge in [0.25, 0.3) is 0 Å². The van der Waals surface area contributed by atoms with Crippen LogP contribution in [0.15, 0.2) is 48.5 Å². The monoisotopic (exact) mass is 441 g/mol. The molecule has 3 amide bonds. The Hall–Kier alpha value is -3.42. The number of rotatable bonds is 7. The second-order valence-corrected chi connectivity index (χ2v) is 8.44. The van der Waals surface area contributed by atoms with Crippen LogP contribution in [0.4, 0.5) is 14.9 Å². The van der Waals surface area contributed by atoms with Crippen molar-refractivity contribution in [2.24, 2.45) is 5.92 Å². The molecule has 2 N–H and O–H groups in total. The van der Waals surface area contributed by atoms with Gasteiger partial charge < -0.3 is 15.4 Å². The first-order valence-corrected chi connectivity index (χ1v) is 10.6. The summed E-state index contributed by atoms with van der Waals surface area (Å²) in [6, 6.07) is 11.7. The minimum Gasteiger partial charge on any atom is -0.438 e. The van der Waals surface area contributed by atoms with Gasteiger partial charge in [-0.25, -0.2) is 9.18 Å². The predicted octanol–water partition coefficient (Wildman–Crippen LogP) is 4.01. The van der Waals surface area contributed by atoms with E-state index in [-0.39, 0.29) is 30.3 Å². The quantitative estimate of drug-likeness (QED) is 0.680. The Morgan fingerprint density at radius 1 is 1.09 bits per heavy atom. The lowest BCUT2D eigenvalue weighted by atomic mass is 10.00. The summed E-state index contributed by atoms with van der Waals surface area (Å²) in [5.41, 5.74) is 1.78. The lowest BCUT2D eigenvalue weighted by Crippen LogP contribution is -2.48. The number of anilines is 1. The van der Waals surface area contributed by atoms with Crippen LogP contribution in [0.3, 0.4) is 0 Å². The molecule has 2 unspecified atom stereocenters. The first-order chi connectivity index (χ1) is 15.2. The molecule has 170 valence electrons. The zero-order chi connectivity index (χ0) is 23.4. The van der Waals surface area contributed by atoms with Gasteiger partial charge in [0.15, 0.2) is 12.1 Å². The maximum absolute atomic E-state index is 13.6. The molecule has 2 aromatic carbocycles. The highest BCUT2D eigenvalue weighted by Crippen LogP contribution is 2.34. The number of nitrogens with one attached hydrogen (secondary N) is 2. The van der Waals surface area contributed by atoms with E-state index >= 15 is 0 Å². The largest absolute Gasteiger partial charge is 0.438 e. The maximum Gasteiger partial charge on any atom is 0.411 e.